The maximum Gasteiger partial charge on any atom is 0.258 e. The van der Waals surface area contributed by atoms with E-state index in [1.54, 1.807) is 6.08 Å². The lowest BCUT2D eigenvalue weighted by molar-refractivity contribution is 0.597. The van der Waals surface area contributed by atoms with Gasteiger partial charge in [-0.2, -0.15) is 0 Å². The molecule has 0 aromatic heterocycles. The summed E-state index contributed by atoms with van der Waals surface area (Å²) in [6.45, 7) is 0. The molecule has 0 unspecified atom stereocenters. The summed E-state index contributed by atoms with van der Waals surface area (Å²) in [5, 5.41) is 5.07. The standard InChI is InChI=1S/C16H16N2O4S2/c17-23(19,20)15-7-3-6-14(11-15)18-24(21,22)16-9-8-12-4-1-2-5-13(12)10-16/h1-7,10-11,18H,8-9H2,(H2,17,19,20). The number of hydrogen-bond acceptors (Lipinski definition) is 4. The van der Waals surface area contributed by atoms with Crippen molar-refractivity contribution in [2.45, 2.75) is 17.7 Å². The Morgan fingerprint density at radius 2 is 1.67 bits per heavy atom. The van der Waals surface area contributed by atoms with E-state index in [0.29, 0.717) is 12.8 Å². The van der Waals surface area contributed by atoms with Crippen molar-refractivity contribution in [1.82, 2.24) is 0 Å². The van der Waals surface area contributed by atoms with Crippen LogP contribution < -0.4 is 9.86 Å². The van der Waals surface area contributed by atoms with Crippen molar-refractivity contribution in [1.29, 1.82) is 0 Å². The van der Waals surface area contributed by atoms with E-state index in [9.17, 15) is 16.8 Å². The number of primary sulfonamides is 1. The van der Waals surface area contributed by atoms with Crippen LogP contribution >= 0.6 is 0 Å². The Hall–Kier alpha value is -2.16. The fourth-order valence-corrected chi connectivity index (χ4v) is 4.36. The molecule has 0 radical (unpaired) electrons. The highest BCUT2D eigenvalue weighted by molar-refractivity contribution is 7.96. The first-order valence-corrected chi connectivity index (χ1v) is 10.2. The first-order valence-electron chi connectivity index (χ1n) is 7.20. The third-order valence-corrected chi connectivity index (χ3v) is 6.20. The van der Waals surface area contributed by atoms with Crippen LogP contribution in [0.3, 0.4) is 0 Å². The average Bonchev–Trinajstić information content (AvgIpc) is 2.53. The number of nitrogens with two attached hydrogens (primary N) is 1. The number of aryl methyl sites for hydroxylation is 1. The molecular weight excluding hydrogens is 348 g/mol. The number of sulfonamides is 2. The van der Waals surface area contributed by atoms with Gasteiger partial charge in [0.1, 0.15) is 0 Å². The molecule has 0 spiro atoms. The monoisotopic (exact) mass is 364 g/mol. The van der Waals surface area contributed by atoms with Gasteiger partial charge >= 0.3 is 0 Å². The van der Waals surface area contributed by atoms with Crippen molar-refractivity contribution in [3.63, 3.8) is 0 Å². The third kappa shape index (κ3) is 3.50. The number of hydrogen-bond donors (Lipinski definition) is 2. The van der Waals surface area contributed by atoms with Gasteiger partial charge in [-0.25, -0.2) is 22.0 Å². The molecule has 6 nitrogen and oxygen atoms in total. The van der Waals surface area contributed by atoms with E-state index in [2.05, 4.69) is 4.72 Å². The van der Waals surface area contributed by atoms with Gasteiger partial charge in [0.2, 0.25) is 10.0 Å². The lowest BCUT2D eigenvalue weighted by Crippen LogP contribution is -2.18. The minimum absolute atomic E-state index is 0.148. The number of anilines is 1. The molecule has 0 fully saturated rings. The van der Waals surface area contributed by atoms with Crippen LogP contribution in [0.4, 0.5) is 5.69 Å². The van der Waals surface area contributed by atoms with Crippen LogP contribution in [-0.2, 0) is 26.5 Å². The van der Waals surface area contributed by atoms with Crippen molar-refractivity contribution in [3.8, 4) is 0 Å². The van der Waals surface area contributed by atoms with E-state index >= 15 is 0 Å². The first kappa shape index (κ1) is 16.7. The summed E-state index contributed by atoms with van der Waals surface area (Å²) in [6.07, 6.45) is 2.67. The van der Waals surface area contributed by atoms with Gasteiger partial charge in [0.05, 0.1) is 15.5 Å². The molecule has 3 rings (SSSR count). The van der Waals surface area contributed by atoms with Crippen LogP contribution in [0, 0.1) is 0 Å². The predicted molar refractivity (Wildman–Crippen MR) is 93.1 cm³/mol. The summed E-state index contributed by atoms with van der Waals surface area (Å²) in [7, 11) is -7.66. The molecule has 1 aliphatic rings. The van der Waals surface area contributed by atoms with E-state index < -0.39 is 20.0 Å². The lowest BCUT2D eigenvalue weighted by atomic mass is 9.98. The number of allylic oxidation sites excluding steroid dienone is 1. The van der Waals surface area contributed by atoms with E-state index in [0.717, 1.165) is 11.1 Å². The summed E-state index contributed by atoms with van der Waals surface area (Å²) in [5.74, 6) is 0. The lowest BCUT2D eigenvalue weighted by Gasteiger charge is -2.17. The Bertz CT molecular complexity index is 1030. The number of benzene rings is 2. The second-order valence-corrected chi connectivity index (χ2v) is 8.78. The highest BCUT2D eigenvalue weighted by atomic mass is 32.2. The van der Waals surface area contributed by atoms with Crippen molar-refractivity contribution in [3.05, 3.63) is 64.6 Å². The Labute approximate surface area is 141 Å². The maximum atomic E-state index is 12.6. The molecule has 2 aromatic carbocycles. The highest BCUT2D eigenvalue weighted by Gasteiger charge is 2.22. The van der Waals surface area contributed by atoms with Gasteiger partial charge in [0.15, 0.2) is 0 Å². The summed E-state index contributed by atoms with van der Waals surface area (Å²) >= 11 is 0. The van der Waals surface area contributed by atoms with Crippen LogP contribution in [0.25, 0.3) is 6.08 Å². The molecular formula is C16H16N2O4S2. The highest BCUT2D eigenvalue weighted by Crippen LogP contribution is 2.28. The van der Waals surface area contributed by atoms with E-state index in [1.807, 2.05) is 24.3 Å². The second kappa shape index (κ2) is 6.04. The average molecular weight is 364 g/mol. The fourth-order valence-electron chi connectivity index (χ4n) is 2.58. The van der Waals surface area contributed by atoms with E-state index in [4.69, 9.17) is 5.14 Å². The van der Waals surface area contributed by atoms with Crippen LogP contribution in [0.15, 0.2) is 58.3 Å². The molecule has 0 amide bonds. The van der Waals surface area contributed by atoms with Crippen molar-refractivity contribution in [2.75, 3.05) is 4.72 Å². The SMILES string of the molecule is NS(=O)(=O)c1cccc(NS(=O)(=O)C2=Cc3ccccc3CC2)c1. The summed E-state index contributed by atoms with van der Waals surface area (Å²) < 4.78 is 50.3. The van der Waals surface area contributed by atoms with Gasteiger partial charge in [0, 0.05) is 0 Å². The molecule has 1 aliphatic carbocycles. The molecule has 8 heteroatoms. The van der Waals surface area contributed by atoms with E-state index in [1.165, 1.54) is 24.3 Å². The fraction of sp³-hybridized carbons (Fsp3) is 0.125. The topological polar surface area (TPSA) is 106 Å². The Kier molecular flexibility index (Phi) is 4.20. The summed E-state index contributed by atoms with van der Waals surface area (Å²) in [6, 6.07) is 13.0. The quantitative estimate of drug-likeness (QED) is 0.866. The van der Waals surface area contributed by atoms with Crippen LogP contribution in [-0.4, -0.2) is 16.8 Å². The van der Waals surface area contributed by atoms with Gasteiger partial charge in [-0.05, 0) is 48.2 Å². The molecule has 2 aromatic rings. The normalized spacial score (nSPS) is 14.6. The van der Waals surface area contributed by atoms with Gasteiger partial charge < -0.3 is 0 Å². The van der Waals surface area contributed by atoms with Crippen LogP contribution in [0.5, 0.6) is 0 Å². The molecule has 0 bridgehead atoms. The predicted octanol–water partition coefficient (Wildman–Crippen LogP) is 2.06. The molecule has 3 N–H and O–H groups in total. The molecule has 0 saturated carbocycles. The van der Waals surface area contributed by atoms with Gasteiger partial charge in [-0.3, -0.25) is 4.72 Å². The van der Waals surface area contributed by atoms with Crippen molar-refractivity contribution < 1.29 is 16.8 Å². The molecule has 126 valence electrons. The molecule has 0 heterocycles. The first-order chi connectivity index (χ1) is 11.3. The minimum atomic E-state index is -3.90. The van der Waals surface area contributed by atoms with Crippen LogP contribution in [0.2, 0.25) is 0 Å². The molecule has 0 aliphatic heterocycles. The Balaban J connectivity index is 1.92. The smallest absolute Gasteiger partial charge is 0.258 e. The summed E-state index contributed by atoms with van der Waals surface area (Å²) in [4.78, 5) is 0.118. The van der Waals surface area contributed by atoms with Crippen molar-refractivity contribution >= 4 is 31.8 Å². The number of nitrogens with one attached hydrogen (secondary N) is 1. The Morgan fingerprint density at radius 1 is 0.917 bits per heavy atom. The second-order valence-electron chi connectivity index (χ2n) is 5.49. The zero-order valence-corrected chi connectivity index (χ0v) is 14.3. The molecule has 0 saturated heterocycles. The summed E-state index contributed by atoms with van der Waals surface area (Å²) in [5.41, 5.74) is 2.14. The van der Waals surface area contributed by atoms with Crippen LogP contribution in [0.1, 0.15) is 17.5 Å². The van der Waals surface area contributed by atoms with E-state index in [-0.39, 0.29) is 15.5 Å². The largest absolute Gasteiger partial charge is 0.280 e. The van der Waals surface area contributed by atoms with Gasteiger partial charge in [0.25, 0.3) is 10.0 Å². The minimum Gasteiger partial charge on any atom is -0.280 e. The maximum absolute atomic E-state index is 12.6. The third-order valence-electron chi connectivity index (χ3n) is 3.77. The zero-order valence-electron chi connectivity index (χ0n) is 12.6. The molecule has 0 atom stereocenters. The zero-order chi connectivity index (χ0) is 17.4. The number of fused-ring (bicyclic) bond motifs is 1. The Morgan fingerprint density at radius 3 is 2.42 bits per heavy atom. The number of rotatable bonds is 4. The molecule has 24 heavy (non-hydrogen) atoms. The van der Waals surface area contributed by atoms with Crippen molar-refractivity contribution in [2.24, 2.45) is 5.14 Å². The van der Waals surface area contributed by atoms with Gasteiger partial charge in [-0.15, -0.1) is 0 Å². The van der Waals surface area contributed by atoms with Gasteiger partial charge in [-0.1, -0.05) is 30.3 Å².